The second-order valence-corrected chi connectivity index (χ2v) is 9.95. The number of hydrogen-bond donors (Lipinski definition) is 0. The lowest BCUT2D eigenvalue weighted by molar-refractivity contribution is -0.156. The smallest absolute Gasteiger partial charge is 0.247 e. The van der Waals surface area contributed by atoms with Crippen molar-refractivity contribution < 1.29 is 14.4 Å². The Kier molecular flexibility index (Phi) is 6.55. The van der Waals surface area contributed by atoms with Crippen LogP contribution >= 0.6 is 11.3 Å². The lowest BCUT2D eigenvalue weighted by atomic mass is 10.1. The molecule has 0 radical (unpaired) electrons. The van der Waals surface area contributed by atoms with Crippen LogP contribution in [0.15, 0.2) is 24.3 Å². The topological polar surface area (TPSA) is 73.8 Å². The Labute approximate surface area is 187 Å². The number of aryl methyl sites for hydroxylation is 1. The molecule has 2 aliphatic heterocycles. The van der Waals surface area contributed by atoms with E-state index >= 15 is 0 Å². The number of rotatable bonds is 6. The molecule has 1 aromatic carbocycles. The van der Waals surface area contributed by atoms with Gasteiger partial charge in [-0.15, -0.1) is 11.3 Å². The lowest BCUT2D eigenvalue weighted by Gasteiger charge is -2.40. The van der Waals surface area contributed by atoms with Crippen LogP contribution in [-0.4, -0.2) is 76.2 Å². The molecule has 0 saturated carbocycles. The maximum absolute atomic E-state index is 13.0. The molecule has 0 N–H and O–H groups in total. The van der Waals surface area contributed by atoms with Gasteiger partial charge in [-0.05, 0) is 37.3 Å². The van der Waals surface area contributed by atoms with Gasteiger partial charge < -0.3 is 14.7 Å². The molecule has 3 amide bonds. The Morgan fingerprint density at radius 1 is 1.23 bits per heavy atom. The molecule has 31 heavy (non-hydrogen) atoms. The monoisotopic (exact) mass is 442 g/mol. The summed E-state index contributed by atoms with van der Waals surface area (Å²) in [4.78, 5) is 48.3. The Morgan fingerprint density at radius 2 is 2.03 bits per heavy atom. The van der Waals surface area contributed by atoms with E-state index in [1.165, 1.54) is 4.70 Å². The summed E-state index contributed by atoms with van der Waals surface area (Å²) in [5, 5.41) is 1.05. The van der Waals surface area contributed by atoms with Crippen LogP contribution in [-0.2, 0) is 20.8 Å². The summed E-state index contributed by atoms with van der Waals surface area (Å²) >= 11 is 1.68. The van der Waals surface area contributed by atoms with E-state index in [1.54, 1.807) is 26.0 Å². The first-order valence-corrected chi connectivity index (χ1v) is 11.9. The summed E-state index contributed by atoms with van der Waals surface area (Å²) in [6.07, 6.45) is 2.65. The first-order chi connectivity index (χ1) is 14.9. The average molecular weight is 443 g/mol. The van der Waals surface area contributed by atoms with Gasteiger partial charge in [-0.2, -0.15) is 0 Å². The number of piperazine rings is 1. The fourth-order valence-electron chi connectivity index (χ4n) is 4.44. The predicted molar refractivity (Wildman–Crippen MR) is 121 cm³/mol. The summed E-state index contributed by atoms with van der Waals surface area (Å²) in [6, 6.07) is 7.52. The summed E-state index contributed by atoms with van der Waals surface area (Å²) in [7, 11) is 0. The number of thiazole rings is 1. The van der Waals surface area contributed by atoms with Crippen molar-refractivity contribution in [2.24, 2.45) is 5.92 Å². The van der Waals surface area contributed by atoms with Crippen LogP contribution in [0.1, 0.15) is 38.1 Å². The van der Waals surface area contributed by atoms with Gasteiger partial charge in [0.15, 0.2) is 0 Å². The summed E-state index contributed by atoms with van der Waals surface area (Å²) < 4.78 is 1.17. The van der Waals surface area contributed by atoms with Gasteiger partial charge in [-0.1, -0.05) is 26.0 Å². The lowest BCUT2D eigenvalue weighted by Crippen LogP contribution is -2.62. The van der Waals surface area contributed by atoms with Gasteiger partial charge >= 0.3 is 0 Å². The summed E-state index contributed by atoms with van der Waals surface area (Å²) in [5.41, 5.74) is 1.01. The Hall–Kier alpha value is -2.48. The molecule has 1 atom stereocenters. The van der Waals surface area contributed by atoms with E-state index in [2.05, 4.69) is 11.1 Å². The summed E-state index contributed by atoms with van der Waals surface area (Å²) in [5.74, 6) is 0.330. The van der Waals surface area contributed by atoms with Crippen molar-refractivity contribution >= 4 is 39.3 Å². The van der Waals surface area contributed by atoms with Crippen LogP contribution < -0.4 is 0 Å². The molecule has 1 unspecified atom stereocenters. The van der Waals surface area contributed by atoms with Crippen molar-refractivity contribution in [1.29, 1.82) is 0 Å². The minimum absolute atomic E-state index is 0.00427. The van der Waals surface area contributed by atoms with Gasteiger partial charge in [-0.3, -0.25) is 14.4 Å². The Bertz CT molecular complexity index is 940. The minimum atomic E-state index is -0.546. The van der Waals surface area contributed by atoms with E-state index in [0.29, 0.717) is 44.9 Å². The highest BCUT2D eigenvalue weighted by molar-refractivity contribution is 7.18. The first-order valence-electron chi connectivity index (χ1n) is 11.1. The quantitative estimate of drug-likeness (QED) is 0.689. The van der Waals surface area contributed by atoms with Crippen LogP contribution in [0, 0.1) is 5.92 Å². The molecule has 1 aromatic heterocycles. The number of fused-ring (bicyclic) bond motifs is 2. The predicted octanol–water partition coefficient (Wildman–Crippen LogP) is 2.55. The van der Waals surface area contributed by atoms with Crippen molar-refractivity contribution in [1.82, 2.24) is 19.7 Å². The highest BCUT2D eigenvalue weighted by Crippen LogP contribution is 2.23. The first kappa shape index (κ1) is 21.7. The van der Waals surface area contributed by atoms with Crippen LogP contribution in [0.3, 0.4) is 0 Å². The molecular weight excluding hydrogens is 412 g/mol. The number of nitrogens with zero attached hydrogens (tertiary/aromatic N) is 4. The van der Waals surface area contributed by atoms with Crippen LogP contribution in [0.5, 0.6) is 0 Å². The zero-order valence-electron chi connectivity index (χ0n) is 18.2. The largest absolute Gasteiger partial charge is 0.340 e. The fraction of sp³-hybridized carbons (Fsp3) is 0.565. The minimum Gasteiger partial charge on any atom is -0.340 e. The standard InChI is InChI=1S/C23H30N4O3S/c1-16(2)13-26-15-22(29)27-12-6-11-25(14-18(27)23(26)30)21(28)10-5-9-20-24-17-7-3-4-8-19(17)31-20/h3-4,7-8,16,18H,5-6,9-15H2,1-2H3. The maximum atomic E-state index is 13.0. The van der Waals surface area contributed by atoms with Gasteiger partial charge in [-0.25, -0.2) is 4.98 Å². The molecule has 8 heteroatoms. The summed E-state index contributed by atoms with van der Waals surface area (Å²) in [6.45, 7) is 6.25. The number of carbonyl (C=O) groups excluding carboxylic acids is 3. The van der Waals surface area contributed by atoms with E-state index in [0.717, 1.165) is 23.4 Å². The highest BCUT2D eigenvalue weighted by Gasteiger charge is 2.41. The number of benzene rings is 1. The van der Waals surface area contributed by atoms with Gasteiger partial charge in [0.2, 0.25) is 17.7 Å². The van der Waals surface area contributed by atoms with Crippen molar-refractivity contribution in [2.45, 2.75) is 45.6 Å². The Balaban J connectivity index is 1.35. The number of carbonyl (C=O) groups is 3. The molecule has 2 saturated heterocycles. The maximum Gasteiger partial charge on any atom is 0.247 e. The molecule has 0 bridgehead atoms. The zero-order chi connectivity index (χ0) is 22.0. The van der Waals surface area contributed by atoms with E-state index in [4.69, 9.17) is 0 Å². The van der Waals surface area contributed by atoms with Crippen molar-refractivity contribution in [3.05, 3.63) is 29.3 Å². The third-order valence-corrected chi connectivity index (χ3v) is 6.99. The Morgan fingerprint density at radius 3 is 2.81 bits per heavy atom. The molecule has 2 fully saturated rings. The SMILES string of the molecule is CC(C)CN1CC(=O)N2CCCN(C(=O)CCCc3nc4ccccc4s3)CC2C1=O. The van der Waals surface area contributed by atoms with E-state index in [9.17, 15) is 14.4 Å². The number of aromatic nitrogens is 1. The zero-order valence-corrected chi connectivity index (χ0v) is 19.1. The highest BCUT2D eigenvalue weighted by atomic mass is 32.1. The van der Waals surface area contributed by atoms with Crippen molar-refractivity contribution in [3.63, 3.8) is 0 Å². The molecule has 7 nitrogen and oxygen atoms in total. The molecule has 166 valence electrons. The number of amides is 3. The molecule has 4 rings (SSSR count). The average Bonchev–Trinajstić information content (AvgIpc) is 3.00. The van der Waals surface area contributed by atoms with Crippen molar-refractivity contribution in [3.8, 4) is 0 Å². The van der Waals surface area contributed by atoms with Gasteiger partial charge in [0.25, 0.3) is 0 Å². The molecule has 2 aliphatic rings. The van der Waals surface area contributed by atoms with Crippen LogP contribution in [0.4, 0.5) is 0 Å². The van der Waals surface area contributed by atoms with Crippen LogP contribution in [0.25, 0.3) is 10.2 Å². The number of para-hydroxylation sites is 1. The molecule has 0 spiro atoms. The second-order valence-electron chi connectivity index (χ2n) is 8.84. The van der Waals surface area contributed by atoms with Crippen molar-refractivity contribution in [2.75, 3.05) is 32.7 Å². The molecule has 0 aliphatic carbocycles. The fourth-order valence-corrected chi connectivity index (χ4v) is 5.45. The third-order valence-electron chi connectivity index (χ3n) is 5.90. The van der Waals surface area contributed by atoms with E-state index in [-0.39, 0.29) is 24.3 Å². The van der Waals surface area contributed by atoms with Gasteiger partial charge in [0.05, 0.1) is 28.3 Å². The van der Waals surface area contributed by atoms with Crippen LogP contribution in [0.2, 0.25) is 0 Å². The number of hydrogen-bond acceptors (Lipinski definition) is 5. The second kappa shape index (κ2) is 9.34. The third kappa shape index (κ3) is 4.89. The normalized spacial score (nSPS) is 19.8. The van der Waals surface area contributed by atoms with Gasteiger partial charge in [0, 0.05) is 26.1 Å². The van der Waals surface area contributed by atoms with Gasteiger partial charge in [0.1, 0.15) is 6.04 Å². The van der Waals surface area contributed by atoms with E-state index in [1.807, 2.05) is 32.0 Å². The molecule has 2 aromatic rings. The van der Waals surface area contributed by atoms with E-state index < -0.39 is 6.04 Å². The molecule has 3 heterocycles. The molecular formula is C23H30N4O3S.